The Morgan fingerprint density at radius 1 is 1.24 bits per heavy atom. The fourth-order valence-electron chi connectivity index (χ4n) is 4.64. The average Bonchev–Trinajstić information content (AvgIpc) is 3.06. The van der Waals surface area contributed by atoms with Crippen molar-refractivity contribution < 1.29 is 13.9 Å². The summed E-state index contributed by atoms with van der Waals surface area (Å²) in [5.74, 6) is 1.07. The van der Waals surface area contributed by atoms with Crippen LogP contribution in [0.3, 0.4) is 0 Å². The van der Waals surface area contributed by atoms with Gasteiger partial charge in [-0.2, -0.15) is 0 Å². The van der Waals surface area contributed by atoms with E-state index in [9.17, 15) is 9.18 Å². The van der Waals surface area contributed by atoms with Crippen LogP contribution < -0.4 is 26.0 Å². The van der Waals surface area contributed by atoms with Gasteiger partial charge in [0.05, 0.1) is 7.11 Å². The summed E-state index contributed by atoms with van der Waals surface area (Å²) in [7, 11) is 1.44. The predicted octanol–water partition coefficient (Wildman–Crippen LogP) is 2.76. The van der Waals surface area contributed by atoms with E-state index in [0.29, 0.717) is 36.6 Å². The maximum Gasteiger partial charge on any atom is 0.222 e. The molecule has 1 saturated heterocycles. The zero-order chi connectivity index (χ0) is 23.8. The van der Waals surface area contributed by atoms with Gasteiger partial charge in [-0.05, 0) is 37.8 Å². The number of nitrogens with one attached hydrogen (secondary N) is 4. The summed E-state index contributed by atoms with van der Waals surface area (Å²) < 4.78 is 19.2. The van der Waals surface area contributed by atoms with E-state index in [1.165, 1.54) is 38.9 Å². The molecule has 1 aliphatic carbocycles. The number of hydrogen-bond acceptors (Lipinski definition) is 6. The molecule has 1 aromatic carbocycles. The summed E-state index contributed by atoms with van der Waals surface area (Å²) in [6.45, 7) is 2.15. The predicted molar refractivity (Wildman–Crippen MR) is 131 cm³/mol. The highest BCUT2D eigenvalue weighted by molar-refractivity contribution is 6.06. The average molecular weight is 474 g/mol. The molecule has 10 heteroatoms. The fourth-order valence-corrected chi connectivity index (χ4v) is 4.64. The van der Waals surface area contributed by atoms with E-state index in [2.05, 4.69) is 26.3 Å². The smallest absolute Gasteiger partial charge is 0.222 e. The maximum absolute atomic E-state index is 14.2. The summed E-state index contributed by atoms with van der Waals surface area (Å²) in [5.41, 5.74) is 0.562. The number of anilines is 1. The number of amides is 1. The molecule has 0 radical (unpaired) electrons. The number of carbonyl (C=O) groups is 1. The zero-order valence-electron chi connectivity index (χ0n) is 19.9. The summed E-state index contributed by atoms with van der Waals surface area (Å²) >= 11 is 0. The number of carbonyl (C=O) groups excluding carboxylic acids is 1. The van der Waals surface area contributed by atoms with Crippen molar-refractivity contribution in [2.75, 3.05) is 32.1 Å². The Morgan fingerprint density at radius 2 is 2.06 bits per heavy atom. The minimum absolute atomic E-state index is 0.192. The van der Waals surface area contributed by atoms with Gasteiger partial charge in [-0.3, -0.25) is 20.4 Å². The third-order valence-corrected chi connectivity index (χ3v) is 6.46. The SMILES string of the molecule is COc1ccc(NC2=NC(NC3CCCCCC3)NC(=NCCCN3CCCC3=O)N2)cc1F. The van der Waals surface area contributed by atoms with Gasteiger partial charge in [0, 0.05) is 43.9 Å². The van der Waals surface area contributed by atoms with Crippen LogP contribution in [0, 0.1) is 5.82 Å². The van der Waals surface area contributed by atoms with Crippen molar-refractivity contribution in [3.8, 4) is 5.75 Å². The van der Waals surface area contributed by atoms with Crippen molar-refractivity contribution in [1.29, 1.82) is 0 Å². The largest absolute Gasteiger partial charge is 0.494 e. The Bertz CT molecular complexity index is 899. The molecule has 1 saturated carbocycles. The van der Waals surface area contributed by atoms with Crippen molar-refractivity contribution in [2.24, 2.45) is 9.98 Å². The molecule has 186 valence electrons. The van der Waals surface area contributed by atoms with Crippen LogP contribution >= 0.6 is 0 Å². The Hall–Kier alpha value is -2.88. The number of aliphatic imine (C=N–C) groups is 2. The highest BCUT2D eigenvalue weighted by atomic mass is 19.1. The van der Waals surface area contributed by atoms with Crippen LogP contribution in [0.15, 0.2) is 28.2 Å². The van der Waals surface area contributed by atoms with Gasteiger partial charge in [0.2, 0.25) is 17.8 Å². The molecule has 1 atom stereocenters. The number of methoxy groups -OCH3 is 1. The first-order valence-corrected chi connectivity index (χ1v) is 12.4. The van der Waals surface area contributed by atoms with Gasteiger partial charge >= 0.3 is 0 Å². The number of halogens is 1. The third-order valence-electron chi connectivity index (χ3n) is 6.46. The Kier molecular flexibility index (Phi) is 8.56. The number of benzene rings is 1. The van der Waals surface area contributed by atoms with Crippen molar-refractivity contribution >= 4 is 23.5 Å². The number of nitrogens with zero attached hydrogens (tertiary/aromatic N) is 3. The van der Waals surface area contributed by atoms with Gasteiger partial charge in [-0.1, -0.05) is 25.7 Å². The topological polar surface area (TPSA) is 102 Å². The molecule has 2 aliphatic heterocycles. The molecule has 3 aliphatic rings. The molecule has 4 N–H and O–H groups in total. The Labute approximate surface area is 200 Å². The van der Waals surface area contributed by atoms with E-state index in [4.69, 9.17) is 9.73 Å². The molecular formula is C24H36FN7O2. The van der Waals surface area contributed by atoms with E-state index in [0.717, 1.165) is 38.8 Å². The summed E-state index contributed by atoms with van der Waals surface area (Å²) in [6.07, 6.45) is 9.32. The van der Waals surface area contributed by atoms with Crippen LogP contribution in [-0.4, -0.2) is 61.8 Å². The van der Waals surface area contributed by atoms with E-state index >= 15 is 0 Å². The molecule has 0 spiro atoms. The second kappa shape index (κ2) is 12.0. The maximum atomic E-state index is 14.2. The first-order chi connectivity index (χ1) is 16.6. The molecule has 2 fully saturated rings. The molecule has 4 rings (SSSR count). The van der Waals surface area contributed by atoms with Gasteiger partial charge in [-0.15, -0.1) is 0 Å². The number of guanidine groups is 2. The van der Waals surface area contributed by atoms with Crippen LogP contribution in [0.25, 0.3) is 0 Å². The van der Waals surface area contributed by atoms with Crippen molar-refractivity contribution in [1.82, 2.24) is 20.9 Å². The van der Waals surface area contributed by atoms with Gasteiger partial charge in [-0.25, -0.2) is 9.38 Å². The van der Waals surface area contributed by atoms with Crippen molar-refractivity contribution in [2.45, 2.75) is 70.1 Å². The second-order valence-electron chi connectivity index (χ2n) is 9.05. The first-order valence-electron chi connectivity index (χ1n) is 12.4. The van der Waals surface area contributed by atoms with Crippen molar-refractivity contribution in [3.63, 3.8) is 0 Å². The molecule has 1 unspecified atom stereocenters. The van der Waals surface area contributed by atoms with E-state index in [1.807, 2.05) is 4.90 Å². The highest BCUT2D eigenvalue weighted by Crippen LogP contribution is 2.21. The van der Waals surface area contributed by atoms with Crippen molar-refractivity contribution in [3.05, 3.63) is 24.0 Å². The quantitative estimate of drug-likeness (QED) is 0.342. The lowest BCUT2D eigenvalue weighted by molar-refractivity contribution is -0.127. The summed E-state index contributed by atoms with van der Waals surface area (Å²) in [4.78, 5) is 23.1. The van der Waals surface area contributed by atoms with Gasteiger partial charge < -0.3 is 20.3 Å². The zero-order valence-corrected chi connectivity index (χ0v) is 19.9. The standard InChI is InChI=1S/C24H36FN7O2/c1-34-20-12-11-18(16-19(20)25)28-24-30-22(26-13-7-15-32-14-6-10-21(32)33)29-23(31-24)27-17-8-4-2-3-5-9-17/h11-12,16-17,23,27H,2-10,13-15H2,1H3,(H3,26,28,29,30,31). The molecule has 9 nitrogen and oxygen atoms in total. The van der Waals surface area contributed by atoms with Gasteiger partial charge in [0.1, 0.15) is 0 Å². The number of hydrogen-bond donors (Lipinski definition) is 4. The minimum atomic E-state index is -0.444. The van der Waals surface area contributed by atoms with Crippen LogP contribution in [0.5, 0.6) is 5.75 Å². The van der Waals surface area contributed by atoms with E-state index in [-0.39, 0.29) is 17.9 Å². The van der Waals surface area contributed by atoms with Crippen LogP contribution in [-0.2, 0) is 4.79 Å². The normalized spacial score (nSPS) is 22.7. The first kappa shape index (κ1) is 24.3. The third kappa shape index (κ3) is 6.82. The van der Waals surface area contributed by atoms with Gasteiger partial charge in [0.15, 0.2) is 17.9 Å². The minimum Gasteiger partial charge on any atom is -0.494 e. The number of ether oxygens (including phenoxy) is 1. The Balaban J connectivity index is 1.40. The lowest BCUT2D eigenvalue weighted by atomic mass is 10.1. The lowest BCUT2D eigenvalue weighted by Gasteiger charge is -2.29. The Morgan fingerprint density at radius 3 is 2.76 bits per heavy atom. The molecule has 34 heavy (non-hydrogen) atoms. The molecule has 1 aromatic rings. The molecule has 0 aromatic heterocycles. The monoisotopic (exact) mass is 473 g/mol. The molecule has 2 heterocycles. The van der Waals surface area contributed by atoms with Crippen LogP contribution in [0.2, 0.25) is 0 Å². The molecule has 0 bridgehead atoms. The highest BCUT2D eigenvalue weighted by Gasteiger charge is 2.23. The lowest BCUT2D eigenvalue weighted by Crippen LogP contribution is -2.59. The fraction of sp³-hybridized carbons (Fsp3) is 0.625. The molecule has 1 amide bonds. The molecular weight excluding hydrogens is 437 g/mol. The van der Waals surface area contributed by atoms with Gasteiger partial charge in [0.25, 0.3) is 0 Å². The van der Waals surface area contributed by atoms with Crippen LogP contribution in [0.4, 0.5) is 10.1 Å². The second-order valence-corrected chi connectivity index (χ2v) is 9.05. The van der Waals surface area contributed by atoms with E-state index in [1.54, 1.807) is 12.1 Å². The summed E-state index contributed by atoms with van der Waals surface area (Å²) in [5, 5.41) is 13.3. The van der Waals surface area contributed by atoms with Crippen LogP contribution in [0.1, 0.15) is 57.8 Å². The number of rotatable bonds is 8. The van der Waals surface area contributed by atoms with E-state index < -0.39 is 5.82 Å². The number of likely N-dealkylation sites (tertiary alicyclic amines) is 1. The summed E-state index contributed by atoms with van der Waals surface area (Å²) in [6, 6.07) is 5.09.